The highest BCUT2D eigenvalue weighted by Gasteiger charge is 2.28. The molecule has 3 rings (SSSR count). The van der Waals surface area contributed by atoms with Gasteiger partial charge in [0.2, 0.25) is 5.91 Å². The Kier molecular flexibility index (Phi) is 3.60. The summed E-state index contributed by atoms with van der Waals surface area (Å²) in [7, 11) is 0. The Morgan fingerprint density at radius 1 is 1.29 bits per heavy atom. The van der Waals surface area contributed by atoms with Crippen molar-refractivity contribution in [3.8, 4) is 0 Å². The van der Waals surface area contributed by atoms with Gasteiger partial charge in [-0.3, -0.25) is 4.79 Å². The zero-order valence-electron chi connectivity index (χ0n) is 11.8. The lowest BCUT2D eigenvalue weighted by Crippen LogP contribution is -2.32. The molecule has 108 valence electrons. The van der Waals surface area contributed by atoms with Crippen molar-refractivity contribution < 1.29 is 9.18 Å². The number of halogens is 1. The van der Waals surface area contributed by atoms with Crippen LogP contribution < -0.4 is 10.6 Å². The fourth-order valence-corrected chi connectivity index (χ4v) is 2.69. The maximum Gasteiger partial charge on any atom is 0.229 e. The summed E-state index contributed by atoms with van der Waals surface area (Å²) in [5.74, 6) is -0.525. The molecular formula is C17H17FN2O. The van der Waals surface area contributed by atoms with E-state index in [9.17, 15) is 9.18 Å². The standard InChI is InChI=1S/C17H17FN2O/c1-11(12-5-4-6-13(18)9-12)20-17(21)15-10-19-16-8-3-2-7-14(15)16/h2-9,11,15,19H,10H2,1H3,(H,20,21)/t11-,15?/m0/s1. The summed E-state index contributed by atoms with van der Waals surface area (Å²) >= 11 is 0. The van der Waals surface area contributed by atoms with Gasteiger partial charge in [-0.25, -0.2) is 4.39 Å². The third kappa shape index (κ3) is 2.75. The molecule has 1 aliphatic rings. The van der Waals surface area contributed by atoms with Crippen molar-refractivity contribution in [1.82, 2.24) is 5.32 Å². The summed E-state index contributed by atoms with van der Waals surface area (Å²) in [5, 5.41) is 6.19. The molecule has 1 aliphatic heterocycles. The number of carbonyl (C=O) groups excluding carboxylic acids is 1. The Morgan fingerprint density at radius 2 is 2.10 bits per heavy atom. The van der Waals surface area contributed by atoms with E-state index in [0.29, 0.717) is 6.54 Å². The number of hydrogen-bond acceptors (Lipinski definition) is 2. The predicted molar refractivity (Wildman–Crippen MR) is 80.6 cm³/mol. The smallest absolute Gasteiger partial charge is 0.229 e. The fraction of sp³-hybridized carbons (Fsp3) is 0.235. The van der Waals surface area contributed by atoms with Crippen LogP contribution in [-0.4, -0.2) is 12.5 Å². The lowest BCUT2D eigenvalue weighted by molar-refractivity contribution is -0.122. The van der Waals surface area contributed by atoms with Crippen LogP contribution in [0, 0.1) is 5.82 Å². The van der Waals surface area contributed by atoms with E-state index in [0.717, 1.165) is 16.8 Å². The zero-order chi connectivity index (χ0) is 14.8. The van der Waals surface area contributed by atoms with Gasteiger partial charge in [0.15, 0.2) is 0 Å². The first-order chi connectivity index (χ1) is 10.1. The molecule has 0 bridgehead atoms. The fourth-order valence-electron chi connectivity index (χ4n) is 2.69. The summed E-state index contributed by atoms with van der Waals surface area (Å²) < 4.78 is 13.2. The van der Waals surface area contributed by atoms with Crippen molar-refractivity contribution in [2.24, 2.45) is 0 Å². The lowest BCUT2D eigenvalue weighted by atomic mass is 9.99. The summed E-state index contributed by atoms with van der Waals surface area (Å²) in [4.78, 5) is 12.4. The van der Waals surface area contributed by atoms with E-state index < -0.39 is 0 Å². The number of para-hydroxylation sites is 1. The van der Waals surface area contributed by atoms with Gasteiger partial charge in [-0.05, 0) is 36.2 Å². The number of rotatable bonds is 3. The largest absolute Gasteiger partial charge is 0.384 e. The molecule has 4 heteroatoms. The van der Waals surface area contributed by atoms with Gasteiger partial charge in [0.25, 0.3) is 0 Å². The number of benzene rings is 2. The molecular weight excluding hydrogens is 267 g/mol. The number of anilines is 1. The van der Waals surface area contributed by atoms with Crippen LogP contribution in [0.25, 0.3) is 0 Å². The first-order valence-corrected chi connectivity index (χ1v) is 7.04. The molecule has 0 radical (unpaired) electrons. The van der Waals surface area contributed by atoms with Gasteiger partial charge < -0.3 is 10.6 Å². The lowest BCUT2D eigenvalue weighted by Gasteiger charge is -2.17. The predicted octanol–water partition coefficient (Wildman–Crippen LogP) is 3.21. The van der Waals surface area contributed by atoms with Crippen molar-refractivity contribution >= 4 is 11.6 Å². The zero-order valence-corrected chi connectivity index (χ0v) is 11.8. The van der Waals surface area contributed by atoms with Crippen molar-refractivity contribution in [1.29, 1.82) is 0 Å². The molecule has 2 N–H and O–H groups in total. The molecule has 21 heavy (non-hydrogen) atoms. The Labute approximate surface area is 123 Å². The van der Waals surface area contributed by atoms with Gasteiger partial charge in [0, 0.05) is 12.2 Å². The summed E-state index contributed by atoms with van der Waals surface area (Å²) in [5.41, 5.74) is 2.79. The average Bonchev–Trinajstić information content (AvgIpc) is 2.91. The van der Waals surface area contributed by atoms with E-state index in [-0.39, 0.29) is 23.7 Å². The Hall–Kier alpha value is -2.36. The molecule has 2 atom stereocenters. The number of carbonyl (C=O) groups is 1. The maximum atomic E-state index is 13.2. The molecule has 1 amide bonds. The first kappa shape index (κ1) is 13.6. The number of hydrogen-bond donors (Lipinski definition) is 2. The highest BCUT2D eigenvalue weighted by Crippen LogP contribution is 2.31. The number of amides is 1. The van der Waals surface area contributed by atoms with Crippen molar-refractivity contribution in [2.45, 2.75) is 18.9 Å². The van der Waals surface area contributed by atoms with Gasteiger partial charge in [-0.2, -0.15) is 0 Å². The minimum Gasteiger partial charge on any atom is -0.384 e. The van der Waals surface area contributed by atoms with Crippen LogP contribution in [0.4, 0.5) is 10.1 Å². The molecule has 0 spiro atoms. The van der Waals surface area contributed by atoms with Gasteiger partial charge in [-0.1, -0.05) is 30.3 Å². The van der Waals surface area contributed by atoms with Crippen molar-refractivity contribution in [3.05, 3.63) is 65.5 Å². The molecule has 0 saturated carbocycles. The van der Waals surface area contributed by atoms with Crippen LogP contribution >= 0.6 is 0 Å². The molecule has 0 aliphatic carbocycles. The summed E-state index contributed by atoms with van der Waals surface area (Å²) in [6.07, 6.45) is 0. The molecule has 1 unspecified atom stereocenters. The van der Waals surface area contributed by atoms with E-state index in [1.54, 1.807) is 6.07 Å². The van der Waals surface area contributed by atoms with E-state index in [1.807, 2.05) is 37.3 Å². The van der Waals surface area contributed by atoms with Crippen LogP contribution in [0.3, 0.4) is 0 Å². The second-order valence-electron chi connectivity index (χ2n) is 5.31. The van der Waals surface area contributed by atoms with E-state index in [2.05, 4.69) is 10.6 Å². The maximum absolute atomic E-state index is 13.2. The minimum atomic E-state index is -0.290. The van der Waals surface area contributed by atoms with Crippen LogP contribution in [-0.2, 0) is 4.79 Å². The average molecular weight is 284 g/mol. The van der Waals surface area contributed by atoms with E-state index >= 15 is 0 Å². The van der Waals surface area contributed by atoms with Crippen molar-refractivity contribution in [2.75, 3.05) is 11.9 Å². The van der Waals surface area contributed by atoms with Crippen molar-refractivity contribution in [3.63, 3.8) is 0 Å². The summed E-state index contributed by atoms with van der Waals surface area (Å²) in [6.45, 7) is 2.46. The van der Waals surface area contributed by atoms with Crippen LogP contribution in [0.5, 0.6) is 0 Å². The molecule has 0 aromatic heterocycles. The van der Waals surface area contributed by atoms with Gasteiger partial charge in [0.05, 0.1) is 12.0 Å². The van der Waals surface area contributed by atoms with Crippen LogP contribution in [0.1, 0.15) is 30.0 Å². The van der Waals surface area contributed by atoms with Crippen LogP contribution in [0.2, 0.25) is 0 Å². The third-order valence-electron chi connectivity index (χ3n) is 3.86. The molecule has 0 saturated heterocycles. The number of fused-ring (bicyclic) bond motifs is 1. The Morgan fingerprint density at radius 3 is 2.90 bits per heavy atom. The molecule has 0 fully saturated rings. The second kappa shape index (κ2) is 5.56. The molecule has 3 nitrogen and oxygen atoms in total. The highest BCUT2D eigenvalue weighted by atomic mass is 19.1. The Bertz CT molecular complexity index is 671. The molecule has 2 aromatic rings. The highest BCUT2D eigenvalue weighted by molar-refractivity contribution is 5.88. The normalized spacial score (nSPS) is 17.7. The SMILES string of the molecule is C[C@H](NC(=O)C1CNc2ccccc21)c1cccc(F)c1. The van der Waals surface area contributed by atoms with Gasteiger partial charge in [-0.15, -0.1) is 0 Å². The van der Waals surface area contributed by atoms with E-state index in [1.165, 1.54) is 12.1 Å². The minimum absolute atomic E-state index is 0.0378. The van der Waals surface area contributed by atoms with E-state index in [4.69, 9.17) is 0 Å². The van der Waals surface area contributed by atoms with Gasteiger partial charge in [0.1, 0.15) is 5.82 Å². The first-order valence-electron chi connectivity index (χ1n) is 7.04. The summed E-state index contributed by atoms with van der Waals surface area (Å²) in [6, 6.07) is 13.9. The Balaban J connectivity index is 1.73. The topological polar surface area (TPSA) is 41.1 Å². The second-order valence-corrected chi connectivity index (χ2v) is 5.31. The third-order valence-corrected chi connectivity index (χ3v) is 3.86. The number of nitrogens with one attached hydrogen (secondary N) is 2. The molecule has 2 aromatic carbocycles. The molecule has 1 heterocycles. The monoisotopic (exact) mass is 284 g/mol. The van der Waals surface area contributed by atoms with Crippen LogP contribution in [0.15, 0.2) is 48.5 Å². The van der Waals surface area contributed by atoms with Gasteiger partial charge >= 0.3 is 0 Å². The quantitative estimate of drug-likeness (QED) is 0.908.